The number of fused-ring (bicyclic) bond motifs is 2. The van der Waals surface area contributed by atoms with Crippen LogP contribution < -0.4 is 10.6 Å². The van der Waals surface area contributed by atoms with Crippen LogP contribution in [0.4, 0.5) is 15.9 Å². The second kappa shape index (κ2) is 9.29. The number of rotatable bonds is 5. The molecule has 2 N–H and O–H groups in total. The van der Waals surface area contributed by atoms with Crippen molar-refractivity contribution in [1.29, 1.82) is 0 Å². The molecule has 34 heavy (non-hydrogen) atoms. The average molecular weight is 471 g/mol. The van der Waals surface area contributed by atoms with Crippen molar-refractivity contribution in [2.24, 2.45) is 0 Å². The van der Waals surface area contributed by atoms with Crippen LogP contribution in [0.25, 0.3) is 21.1 Å². The van der Waals surface area contributed by atoms with E-state index in [9.17, 15) is 9.18 Å². The molecule has 0 bridgehead atoms. The molecule has 9 heteroatoms. The third-order valence-corrected chi connectivity index (χ3v) is 6.05. The van der Waals surface area contributed by atoms with Crippen LogP contribution in [0.1, 0.15) is 17.4 Å². The van der Waals surface area contributed by atoms with Crippen LogP contribution in [-0.2, 0) is 11.3 Å². The zero-order chi connectivity index (χ0) is 23.5. The summed E-state index contributed by atoms with van der Waals surface area (Å²) in [7, 11) is 0. The summed E-state index contributed by atoms with van der Waals surface area (Å²) < 4.78 is 15.4. The second-order valence-electron chi connectivity index (χ2n) is 7.59. The molecule has 0 spiro atoms. The molecule has 0 unspecified atom stereocenters. The molecule has 168 valence electrons. The van der Waals surface area contributed by atoms with Crippen molar-refractivity contribution in [2.45, 2.75) is 13.5 Å². The first-order chi connectivity index (χ1) is 16.5. The largest absolute Gasteiger partial charge is 0.345 e. The number of thiophene rings is 1. The average Bonchev–Trinajstić information content (AvgIpc) is 3.41. The van der Waals surface area contributed by atoms with Gasteiger partial charge in [0.2, 0.25) is 5.91 Å². The van der Waals surface area contributed by atoms with Crippen LogP contribution in [0, 0.1) is 17.7 Å². The zero-order valence-electron chi connectivity index (χ0n) is 18.2. The van der Waals surface area contributed by atoms with Gasteiger partial charge in [-0.3, -0.25) is 9.48 Å². The number of anilines is 2. The molecule has 0 aliphatic carbocycles. The fourth-order valence-corrected chi connectivity index (χ4v) is 4.43. The lowest BCUT2D eigenvalue weighted by molar-refractivity contribution is -0.118. The third kappa shape index (κ3) is 4.72. The van der Waals surface area contributed by atoms with Gasteiger partial charge < -0.3 is 10.6 Å². The minimum atomic E-state index is -0.257. The van der Waals surface area contributed by atoms with E-state index in [1.807, 2.05) is 35.0 Å². The first kappa shape index (κ1) is 21.6. The minimum Gasteiger partial charge on any atom is -0.345 e. The Balaban J connectivity index is 1.37. The summed E-state index contributed by atoms with van der Waals surface area (Å²) in [5, 5.41) is 12.3. The van der Waals surface area contributed by atoms with Gasteiger partial charge in [0.05, 0.1) is 35.1 Å². The van der Waals surface area contributed by atoms with Gasteiger partial charge in [-0.1, -0.05) is 24.0 Å². The highest BCUT2D eigenvalue weighted by Gasteiger charge is 2.10. The van der Waals surface area contributed by atoms with E-state index in [1.165, 1.54) is 36.7 Å². The molecule has 0 atom stereocenters. The van der Waals surface area contributed by atoms with Crippen molar-refractivity contribution in [3.05, 3.63) is 77.3 Å². The van der Waals surface area contributed by atoms with E-state index in [0.29, 0.717) is 18.9 Å². The third-order valence-electron chi connectivity index (χ3n) is 5.09. The monoisotopic (exact) mass is 470 g/mol. The maximum absolute atomic E-state index is 13.5. The number of hydrogen-bond acceptors (Lipinski definition) is 6. The van der Waals surface area contributed by atoms with Crippen LogP contribution in [0.3, 0.4) is 0 Å². The van der Waals surface area contributed by atoms with Crippen molar-refractivity contribution < 1.29 is 9.18 Å². The van der Waals surface area contributed by atoms with Crippen LogP contribution in [-0.4, -0.2) is 32.2 Å². The number of nitrogens with one attached hydrogen (secondary N) is 2. The Hall–Kier alpha value is -4.29. The number of hydrogen-bond donors (Lipinski definition) is 2. The molecule has 0 aliphatic heterocycles. The lowest BCUT2D eigenvalue weighted by atomic mass is 10.2. The van der Waals surface area contributed by atoms with Crippen molar-refractivity contribution in [2.75, 3.05) is 11.9 Å². The number of carbonyl (C=O) groups is 1. The number of halogens is 1. The molecule has 0 aliphatic rings. The Bertz CT molecular complexity index is 1580. The van der Waals surface area contributed by atoms with Crippen LogP contribution >= 0.6 is 11.3 Å². The predicted molar refractivity (Wildman–Crippen MR) is 131 cm³/mol. The Morgan fingerprint density at radius 3 is 2.94 bits per heavy atom. The molecule has 3 heterocycles. The first-order valence-electron chi connectivity index (χ1n) is 10.5. The van der Waals surface area contributed by atoms with E-state index in [2.05, 4.69) is 37.5 Å². The summed E-state index contributed by atoms with van der Waals surface area (Å²) >= 11 is 1.47. The molecule has 0 saturated carbocycles. The maximum atomic E-state index is 13.5. The predicted octanol–water partition coefficient (Wildman–Crippen LogP) is 4.46. The van der Waals surface area contributed by atoms with Gasteiger partial charge in [-0.15, -0.1) is 11.3 Å². The zero-order valence-corrected chi connectivity index (χ0v) is 19.0. The van der Waals surface area contributed by atoms with Gasteiger partial charge in [0.25, 0.3) is 0 Å². The van der Waals surface area contributed by atoms with E-state index in [1.54, 1.807) is 12.3 Å². The van der Waals surface area contributed by atoms with E-state index in [-0.39, 0.29) is 11.7 Å². The van der Waals surface area contributed by atoms with Crippen LogP contribution in [0.5, 0.6) is 0 Å². The molecule has 0 radical (unpaired) electrons. The van der Waals surface area contributed by atoms with E-state index in [0.717, 1.165) is 37.2 Å². The maximum Gasteiger partial charge on any atom is 0.217 e. The fourth-order valence-electron chi connectivity index (χ4n) is 3.55. The number of aromatic nitrogens is 4. The quantitative estimate of drug-likeness (QED) is 0.371. The molecule has 5 rings (SSSR count). The Morgan fingerprint density at radius 2 is 2.09 bits per heavy atom. The standard InChI is InChI=1S/C25H19FN6OS/c1-16(33)27-9-3-6-21-12-22-24(28-15-29-25(22)34-21)31-20-7-8-23-18(11-20)13-30-32(23)14-17-4-2-5-19(26)10-17/h2,4-5,7-8,10-13,15H,9,14H2,1H3,(H,27,33)(H,28,29,31). The normalized spacial score (nSPS) is 10.8. The molecular formula is C25H19FN6OS. The van der Waals surface area contributed by atoms with Gasteiger partial charge in [-0.25, -0.2) is 14.4 Å². The number of amides is 1. The highest BCUT2D eigenvalue weighted by Crippen LogP contribution is 2.30. The van der Waals surface area contributed by atoms with E-state index >= 15 is 0 Å². The lowest BCUT2D eigenvalue weighted by Crippen LogP contribution is -2.19. The molecule has 7 nitrogen and oxygen atoms in total. The lowest BCUT2D eigenvalue weighted by Gasteiger charge is -2.08. The molecule has 0 fully saturated rings. The van der Waals surface area contributed by atoms with Crippen LogP contribution in [0.15, 0.2) is 61.1 Å². The van der Waals surface area contributed by atoms with Crippen molar-refractivity contribution >= 4 is 49.9 Å². The number of carbonyl (C=O) groups excluding carboxylic acids is 1. The van der Waals surface area contributed by atoms with E-state index in [4.69, 9.17) is 0 Å². The summed E-state index contributed by atoms with van der Waals surface area (Å²) in [5.74, 6) is 6.30. The minimum absolute atomic E-state index is 0.112. The number of benzene rings is 2. The van der Waals surface area contributed by atoms with Crippen LogP contribution in [0.2, 0.25) is 0 Å². The molecule has 1 amide bonds. The Morgan fingerprint density at radius 1 is 1.18 bits per heavy atom. The number of nitrogens with zero attached hydrogens (tertiary/aromatic N) is 4. The van der Waals surface area contributed by atoms with Crippen molar-refractivity contribution in [1.82, 2.24) is 25.1 Å². The SMILES string of the molecule is CC(=O)NCC#Cc1cc2c(Nc3ccc4c(cnn4Cc4cccc(F)c4)c3)ncnc2s1. The molecule has 2 aromatic carbocycles. The van der Waals surface area contributed by atoms with Gasteiger partial charge in [0.1, 0.15) is 22.8 Å². The van der Waals surface area contributed by atoms with Crippen molar-refractivity contribution in [3.63, 3.8) is 0 Å². The highest BCUT2D eigenvalue weighted by molar-refractivity contribution is 7.19. The summed E-state index contributed by atoms with van der Waals surface area (Å²) in [4.78, 5) is 21.4. The topological polar surface area (TPSA) is 84.7 Å². The van der Waals surface area contributed by atoms with Crippen molar-refractivity contribution in [3.8, 4) is 11.8 Å². The highest BCUT2D eigenvalue weighted by atomic mass is 32.1. The summed E-state index contributed by atoms with van der Waals surface area (Å²) in [6.45, 7) is 2.25. The van der Waals surface area contributed by atoms with Gasteiger partial charge in [-0.2, -0.15) is 5.10 Å². The summed E-state index contributed by atoms with van der Waals surface area (Å²) in [6.07, 6.45) is 3.31. The molecule has 0 saturated heterocycles. The Kier molecular flexibility index (Phi) is 5.89. The second-order valence-corrected chi connectivity index (χ2v) is 8.62. The van der Waals surface area contributed by atoms with E-state index < -0.39 is 0 Å². The van der Waals surface area contributed by atoms with Gasteiger partial charge in [-0.05, 0) is 42.0 Å². The van der Waals surface area contributed by atoms with Gasteiger partial charge in [0, 0.05) is 18.0 Å². The summed E-state index contributed by atoms with van der Waals surface area (Å²) in [6, 6.07) is 14.4. The fraction of sp³-hybridized carbons (Fsp3) is 0.120. The molecule has 3 aromatic heterocycles. The first-order valence-corrected chi connectivity index (χ1v) is 11.3. The smallest absolute Gasteiger partial charge is 0.217 e. The van der Waals surface area contributed by atoms with Gasteiger partial charge >= 0.3 is 0 Å². The Labute approximate surface area is 198 Å². The van der Waals surface area contributed by atoms with Gasteiger partial charge in [0.15, 0.2) is 0 Å². The molecular weight excluding hydrogens is 451 g/mol. The summed E-state index contributed by atoms with van der Waals surface area (Å²) in [5.41, 5.74) is 2.67. The molecule has 5 aromatic rings.